The van der Waals surface area contributed by atoms with Crippen LogP contribution >= 0.6 is 0 Å². The van der Waals surface area contributed by atoms with Crippen molar-refractivity contribution in [3.63, 3.8) is 0 Å². The minimum atomic E-state index is 0.914. The van der Waals surface area contributed by atoms with Crippen LogP contribution in [0.4, 0.5) is 0 Å². The molecule has 1 aromatic rings. The minimum absolute atomic E-state index is 0.914. The number of unbranched alkanes of at least 4 members (excludes halogenated alkanes) is 2. The summed E-state index contributed by atoms with van der Waals surface area (Å²) in [4.78, 5) is 4.41. The summed E-state index contributed by atoms with van der Waals surface area (Å²) in [6.07, 6.45) is 8.69. The van der Waals surface area contributed by atoms with E-state index < -0.39 is 0 Å². The van der Waals surface area contributed by atoms with Gasteiger partial charge in [-0.05, 0) is 12.8 Å². The van der Waals surface area contributed by atoms with Gasteiger partial charge < -0.3 is 4.42 Å². The molecule has 0 spiro atoms. The number of oxazole rings is 1. The van der Waals surface area contributed by atoms with Crippen LogP contribution in [0.3, 0.4) is 0 Å². The lowest BCUT2D eigenvalue weighted by atomic mass is 10.2. The van der Waals surface area contributed by atoms with Gasteiger partial charge in [-0.1, -0.05) is 33.1 Å². The van der Waals surface area contributed by atoms with Crippen LogP contribution in [0.25, 0.3) is 0 Å². The molecule has 74 valence electrons. The van der Waals surface area contributed by atoms with E-state index in [-0.39, 0.29) is 0 Å². The van der Waals surface area contributed by atoms with Gasteiger partial charge in [0.2, 0.25) is 0 Å². The number of aryl methyl sites for hydroxylation is 2. The Balaban J connectivity index is 2.31. The van der Waals surface area contributed by atoms with E-state index in [0.29, 0.717) is 0 Å². The van der Waals surface area contributed by atoms with Crippen LogP contribution in [0.1, 0.15) is 51.1 Å². The van der Waals surface area contributed by atoms with E-state index in [1.165, 1.54) is 19.3 Å². The number of hydrogen-bond donors (Lipinski definition) is 0. The summed E-state index contributed by atoms with van der Waals surface area (Å²) in [6.45, 7) is 4.36. The Hall–Kier alpha value is -0.790. The Morgan fingerprint density at radius 1 is 1.15 bits per heavy atom. The molecule has 0 aliphatic carbocycles. The Kier molecular flexibility index (Phi) is 4.58. The van der Waals surface area contributed by atoms with Crippen molar-refractivity contribution < 1.29 is 4.42 Å². The zero-order valence-electron chi connectivity index (χ0n) is 8.68. The summed E-state index contributed by atoms with van der Waals surface area (Å²) in [5.74, 6) is 0.914. The first-order chi connectivity index (χ1) is 6.36. The molecule has 2 heteroatoms. The highest BCUT2D eigenvalue weighted by Crippen LogP contribution is 2.08. The van der Waals surface area contributed by atoms with Gasteiger partial charge in [-0.3, -0.25) is 0 Å². The second kappa shape index (κ2) is 5.79. The molecule has 0 radical (unpaired) electrons. The molecular formula is C11H19NO. The third-order valence-electron chi connectivity index (χ3n) is 2.10. The van der Waals surface area contributed by atoms with Gasteiger partial charge in [-0.25, -0.2) is 4.98 Å². The molecule has 2 nitrogen and oxygen atoms in total. The van der Waals surface area contributed by atoms with Gasteiger partial charge in [0.25, 0.3) is 0 Å². The van der Waals surface area contributed by atoms with Crippen molar-refractivity contribution in [1.82, 2.24) is 4.98 Å². The van der Waals surface area contributed by atoms with Crippen LogP contribution in [0.2, 0.25) is 0 Å². The standard InChI is InChI=1S/C11H19NO/c1-3-5-6-8-11-12-10(7-4-2)9-13-11/h9H,3-8H2,1-2H3. The second-order valence-electron chi connectivity index (χ2n) is 3.44. The molecule has 0 aromatic carbocycles. The lowest BCUT2D eigenvalue weighted by Gasteiger charge is -1.92. The van der Waals surface area contributed by atoms with E-state index in [0.717, 1.165) is 30.8 Å². The van der Waals surface area contributed by atoms with Crippen molar-refractivity contribution >= 4 is 0 Å². The van der Waals surface area contributed by atoms with Gasteiger partial charge in [0.15, 0.2) is 5.89 Å². The molecule has 0 N–H and O–H groups in total. The van der Waals surface area contributed by atoms with E-state index in [4.69, 9.17) is 4.42 Å². The lowest BCUT2D eigenvalue weighted by Crippen LogP contribution is -1.87. The van der Waals surface area contributed by atoms with Crippen LogP contribution in [0.15, 0.2) is 10.7 Å². The molecular weight excluding hydrogens is 162 g/mol. The van der Waals surface area contributed by atoms with Gasteiger partial charge in [0, 0.05) is 6.42 Å². The van der Waals surface area contributed by atoms with E-state index in [2.05, 4.69) is 18.8 Å². The van der Waals surface area contributed by atoms with Crippen molar-refractivity contribution in [2.24, 2.45) is 0 Å². The fourth-order valence-electron chi connectivity index (χ4n) is 1.36. The van der Waals surface area contributed by atoms with Crippen LogP contribution in [-0.4, -0.2) is 4.98 Å². The predicted octanol–water partition coefficient (Wildman–Crippen LogP) is 3.36. The van der Waals surface area contributed by atoms with Gasteiger partial charge in [0.1, 0.15) is 6.26 Å². The maximum absolute atomic E-state index is 5.35. The highest BCUT2D eigenvalue weighted by Gasteiger charge is 2.01. The Labute approximate surface area is 80.4 Å². The van der Waals surface area contributed by atoms with Crippen LogP contribution in [0, 0.1) is 0 Å². The molecule has 0 saturated carbocycles. The van der Waals surface area contributed by atoms with Crippen molar-refractivity contribution in [1.29, 1.82) is 0 Å². The SMILES string of the molecule is CCCCCc1nc(CCC)co1. The summed E-state index contributed by atoms with van der Waals surface area (Å²) < 4.78 is 5.35. The summed E-state index contributed by atoms with van der Waals surface area (Å²) in [7, 11) is 0. The van der Waals surface area contributed by atoms with Gasteiger partial charge in [0.05, 0.1) is 5.69 Å². The summed E-state index contributed by atoms with van der Waals surface area (Å²) in [6, 6.07) is 0. The molecule has 0 saturated heterocycles. The van der Waals surface area contributed by atoms with E-state index >= 15 is 0 Å². The Morgan fingerprint density at radius 3 is 2.69 bits per heavy atom. The minimum Gasteiger partial charge on any atom is -0.449 e. The molecule has 0 aliphatic rings. The van der Waals surface area contributed by atoms with Gasteiger partial charge in [-0.2, -0.15) is 0 Å². The summed E-state index contributed by atoms with van der Waals surface area (Å²) in [5.41, 5.74) is 1.11. The second-order valence-corrected chi connectivity index (χ2v) is 3.44. The van der Waals surface area contributed by atoms with Crippen LogP contribution < -0.4 is 0 Å². The fourth-order valence-corrected chi connectivity index (χ4v) is 1.36. The van der Waals surface area contributed by atoms with Crippen molar-refractivity contribution in [3.8, 4) is 0 Å². The predicted molar refractivity (Wildman–Crippen MR) is 53.7 cm³/mol. The molecule has 0 atom stereocenters. The first kappa shape index (κ1) is 10.3. The zero-order valence-corrected chi connectivity index (χ0v) is 8.68. The van der Waals surface area contributed by atoms with Crippen molar-refractivity contribution in [2.75, 3.05) is 0 Å². The van der Waals surface area contributed by atoms with E-state index in [1.54, 1.807) is 6.26 Å². The molecule has 0 bridgehead atoms. The van der Waals surface area contributed by atoms with Crippen LogP contribution in [-0.2, 0) is 12.8 Å². The highest BCUT2D eigenvalue weighted by atomic mass is 16.3. The largest absolute Gasteiger partial charge is 0.449 e. The number of hydrogen-bond acceptors (Lipinski definition) is 2. The molecule has 0 amide bonds. The first-order valence-corrected chi connectivity index (χ1v) is 5.30. The Morgan fingerprint density at radius 2 is 2.00 bits per heavy atom. The Bertz CT molecular complexity index is 230. The third kappa shape index (κ3) is 3.62. The fraction of sp³-hybridized carbons (Fsp3) is 0.727. The summed E-state index contributed by atoms with van der Waals surface area (Å²) in [5, 5.41) is 0. The molecule has 13 heavy (non-hydrogen) atoms. The van der Waals surface area contributed by atoms with Crippen LogP contribution in [0.5, 0.6) is 0 Å². The topological polar surface area (TPSA) is 26.0 Å². The normalized spacial score (nSPS) is 10.6. The molecule has 1 aromatic heterocycles. The van der Waals surface area contributed by atoms with Crippen molar-refractivity contribution in [3.05, 3.63) is 17.8 Å². The quantitative estimate of drug-likeness (QED) is 0.629. The summed E-state index contributed by atoms with van der Waals surface area (Å²) >= 11 is 0. The average Bonchev–Trinajstić information content (AvgIpc) is 2.54. The monoisotopic (exact) mass is 181 g/mol. The number of rotatable bonds is 6. The smallest absolute Gasteiger partial charge is 0.194 e. The van der Waals surface area contributed by atoms with E-state index in [1.807, 2.05) is 0 Å². The molecule has 1 rings (SSSR count). The highest BCUT2D eigenvalue weighted by molar-refractivity contribution is 4.96. The van der Waals surface area contributed by atoms with Crippen molar-refractivity contribution in [2.45, 2.75) is 52.4 Å². The maximum atomic E-state index is 5.35. The molecule has 0 fully saturated rings. The average molecular weight is 181 g/mol. The third-order valence-corrected chi connectivity index (χ3v) is 2.10. The van der Waals surface area contributed by atoms with Gasteiger partial charge >= 0.3 is 0 Å². The van der Waals surface area contributed by atoms with E-state index in [9.17, 15) is 0 Å². The molecule has 0 unspecified atom stereocenters. The maximum Gasteiger partial charge on any atom is 0.194 e. The molecule has 1 heterocycles. The van der Waals surface area contributed by atoms with Gasteiger partial charge in [-0.15, -0.1) is 0 Å². The zero-order chi connectivity index (χ0) is 9.52. The lowest BCUT2D eigenvalue weighted by molar-refractivity contribution is 0.482. The number of aromatic nitrogens is 1. The number of nitrogens with zero attached hydrogens (tertiary/aromatic N) is 1. The first-order valence-electron chi connectivity index (χ1n) is 5.30. The molecule has 0 aliphatic heterocycles.